The van der Waals surface area contributed by atoms with Crippen molar-refractivity contribution in [1.82, 2.24) is 24.8 Å². The van der Waals surface area contributed by atoms with E-state index in [0.29, 0.717) is 65.2 Å². The van der Waals surface area contributed by atoms with Gasteiger partial charge >= 0.3 is 12.1 Å². The number of piperazine rings is 1. The quantitative estimate of drug-likeness (QED) is 0.0895. The van der Waals surface area contributed by atoms with Crippen LogP contribution in [-0.2, 0) is 4.74 Å². The number of ether oxygens (including phenoxy) is 3. The molecule has 0 radical (unpaired) electrons. The summed E-state index contributed by atoms with van der Waals surface area (Å²) >= 11 is 0. The van der Waals surface area contributed by atoms with Crippen molar-refractivity contribution in [2.45, 2.75) is 114 Å². The molecule has 4 fully saturated rings. The van der Waals surface area contributed by atoms with E-state index in [-0.39, 0.29) is 42.7 Å². The second-order valence-electron chi connectivity index (χ2n) is 17.9. The number of carboxylic acid groups (broad SMARTS) is 1. The third kappa shape index (κ3) is 7.27. The summed E-state index contributed by atoms with van der Waals surface area (Å²) < 4.78 is 50.0. The minimum absolute atomic E-state index is 0.000153. The van der Waals surface area contributed by atoms with Gasteiger partial charge in [0.25, 0.3) is 0 Å². The first-order chi connectivity index (χ1) is 28.3. The Kier molecular flexibility index (Phi) is 11.2. The highest BCUT2D eigenvalue weighted by Crippen LogP contribution is 2.44. The van der Waals surface area contributed by atoms with Gasteiger partial charge in [0, 0.05) is 55.9 Å². The fraction of sp³-hybridized carbons (Fsp3) is 0.556. The second-order valence-corrected chi connectivity index (χ2v) is 23.5. The summed E-state index contributed by atoms with van der Waals surface area (Å²) in [5.74, 6) is 3.89. The molecule has 0 saturated carbocycles. The molecule has 4 aliphatic rings. The molecule has 2 aromatic carbocycles. The van der Waals surface area contributed by atoms with Crippen molar-refractivity contribution in [3.05, 3.63) is 47.9 Å². The zero-order chi connectivity index (χ0) is 41.8. The number of hydrogen-bond donors (Lipinski definition) is 1. The number of hydrogen-bond acceptors (Lipinski definition) is 9. The number of fused-ring (bicyclic) bond motifs is 5. The second kappa shape index (κ2) is 16.1. The summed E-state index contributed by atoms with van der Waals surface area (Å²) in [6.45, 7) is 15.8. The predicted octanol–water partition coefficient (Wildman–Crippen LogP) is 8.82. The summed E-state index contributed by atoms with van der Waals surface area (Å²) in [7, 11) is -0.586. The van der Waals surface area contributed by atoms with Crippen LogP contribution in [0.15, 0.2) is 36.5 Å². The highest BCUT2D eigenvalue weighted by atomic mass is 28.3. The van der Waals surface area contributed by atoms with Gasteiger partial charge in [-0.05, 0) is 72.4 Å². The summed E-state index contributed by atoms with van der Waals surface area (Å²) in [6.07, 6.45) is 3.31. The highest BCUT2D eigenvalue weighted by molar-refractivity contribution is 6.90. The van der Waals surface area contributed by atoms with Crippen LogP contribution in [0, 0.1) is 17.3 Å². The molecule has 2 bridgehead atoms. The number of nitrogens with zero attached hydrogens (tertiary/aromatic N) is 6. The summed E-state index contributed by atoms with van der Waals surface area (Å²) in [5.41, 5.74) is 6.04. The lowest BCUT2D eigenvalue weighted by atomic mass is 9.95. The van der Waals surface area contributed by atoms with Crippen molar-refractivity contribution >= 4 is 41.7 Å². The molecule has 4 atom stereocenters. The molecule has 4 aromatic rings. The molecular weight excluding hydrogens is 771 g/mol. The Morgan fingerprint density at radius 2 is 1.76 bits per heavy atom. The van der Waals surface area contributed by atoms with Crippen molar-refractivity contribution in [3.63, 3.8) is 0 Å². The Labute approximate surface area is 346 Å². The van der Waals surface area contributed by atoms with Gasteiger partial charge in [0.2, 0.25) is 0 Å². The predicted molar refractivity (Wildman–Crippen MR) is 228 cm³/mol. The van der Waals surface area contributed by atoms with E-state index in [4.69, 9.17) is 29.2 Å². The summed E-state index contributed by atoms with van der Waals surface area (Å²) in [5, 5.41) is 12.0. The zero-order valence-corrected chi connectivity index (χ0v) is 36.2. The van der Waals surface area contributed by atoms with Crippen LogP contribution >= 0.6 is 0 Å². The van der Waals surface area contributed by atoms with Crippen LogP contribution in [0.1, 0.15) is 79.2 Å². The number of amides is 1. The van der Waals surface area contributed by atoms with Crippen molar-refractivity contribution < 1.29 is 32.9 Å². The van der Waals surface area contributed by atoms with Gasteiger partial charge in [0.1, 0.15) is 43.6 Å². The molecular formula is C45H56F2N6O5Si. The lowest BCUT2D eigenvalue weighted by Gasteiger charge is -2.40. The standard InChI is InChI=1S/C45H56F2N6O5Si/c1-27(2)59(28(3)4,29(5)6)17-14-30-10-8-11-31-18-35(58-26-56-7)19-36(38(30)31)40-39(47)41-37(21-48-40)42(51-23-33-12-13-34(24-51)53(33)44(54)55)50-43(49-41)57-25-45-15-9-16-52(45)22-32(46)20-45/h8,10-11,18-19,21,27-29,32-34H,9,12-13,15-16,20,22-26H2,1-7H3,(H,54,55)/t32-,33-,34+,45+/m1/s1. The van der Waals surface area contributed by atoms with Crippen molar-refractivity contribution in [2.24, 2.45) is 0 Å². The first-order valence-electron chi connectivity index (χ1n) is 21.1. The molecule has 4 saturated heterocycles. The SMILES string of the molecule is COCOc1cc(-c2ncc3c(N4C[C@H]5CC[C@@H](C4)N5C(=O)O)nc(OC[C@@]45CCCN4C[C@H](F)C5)nc3c2F)c2c(C#C[Si](C(C)C)(C(C)C)C(C)C)cccc2c1. The highest BCUT2D eigenvalue weighted by Gasteiger charge is 2.50. The lowest BCUT2D eigenvalue weighted by Crippen LogP contribution is -2.55. The van der Waals surface area contributed by atoms with E-state index >= 15 is 4.39 Å². The number of rotatable bonds is 11. The van der Waals surface area contributed by atoms with Crippen LogP contribution in [0.3, 0.4) is 0 Å². The molecule has 1 N–H and O–H groups in total. The smallest absolute Gasteiger partial charge is 0.407 e. The molecule has 0 aliphatic carbocycles. The Morgan fingerprint density at radius 3 is 2.44 bits per heavy atom. The van der Waals surface area contributed by atoms with Gasteiger partial charge in [-0.3, -0.25) is 14.8 Å². The van der Waals surface area contributed by atoms with Crippen LogP contribution in [0.2, 0.25) is 16.6 Å². The Balaban J connectivity index is 1.29. The molecule has 0 spiro atoms. The number of carbonyl (C=O) groups is 1. The third-order valence-electron chi connectivity index (χ3n) is 13.7. The molecule has 1 amide bonds. The minimum atomic E-state index is -2.13. The molecule has 4 aliphatic heterocycles. The first kappa shape index (κ1) is 41.2. The van der Waals surface area contributed by atoms with Crippen molar-refractivity contribution in [2.75, 3.05) is 51.6 Å². The van der Waals surface area contributed by atoms with Gasteiger partial charge in [-0.25, -0.2) is 13.6 Å². The van der Waals surface area contributed by atoms with E-state index in [0.717, 1.165) is 48.6 Å². The van der Waals surface area contributed by atoms with E-state index in [9.17, 15) is 14.3 Å². The topological polar surface area (TPSA) is 113 Å². The van der Waals surface area contributed by atoms with Gasteiger partial charge in [-0.1, -0.05) is 59.6 Å². The number of benzene rings is 2. The number of anilines is 1. The number of alkyl halides is 1. The molecule has 14 heteroatoms. The molecule has 2 aromatic heterocycles. The van der Waals surface area contributed by atoms with Gasteiger partial charge in [-0.15, -0.1) is 5.54 Å². The monoisotopic (exact) mass is 826 g/mol. The molecule has 11 nitrogen and oxygen atoms in total. The zero-order valence-electron chi connectivity index (χ0n) is 35.2. The normalized spacial score (nSPS) is 23.2. The van der Waals surface area contributed by atoms with Crippen molar-refractivity contribution in [3.8, 4) is 34.5 Å². The van der Waals surface area contributed by atoms with Crippen LogP contribution in [-0.4, -0.2) is 115 Å². The molecule has 6 heterocycles. The first-order valence-corrected chi connectivity index (χ1v) is 23.4. The van der Waals surface area contributed by atoms with E-state index < -0.39 is 31.7 Å². The fourth-order valence-corrected chi connectivity index (χ4v) is 16.3. The van der Waals surface area contributed by atoms with E-state index in [1.165, 1.54) is 4.90 Å². The fourth-order valence-electron chi connectivity index (χ4n) is 11.1. The van der Waals surface area contributed by atoms with Crippen LogP contribution in [0.5, 0.6) is 11.8 Å². The number of methoxy groups -OCH3 is 1. The van der Waals surface area contributed by atoms with Crippen LogP contribution in [0.25, 0.3) is 32.9 Å². The summed E-state index contributed by atoms with van der Waals surface area (Å²) in [6, 6.07) is 9.15. The molecule has 314 valence electrons. The van der Waals surface area contributed by atoms with E-state index in [2.05, 4.69) is 57.9 Å². The van der Waals surface area contributed by atoms with Gasteiger partial charge in [-0.2, -0.15) is 9.97 Å². The maximum atomic E-state index is 17.7. The molecule has 8 rings (SSSR count). The van der Waals surface area contributed by atoms with Crippen LogP contribution < -0.4 is 14.4 Å². The molecule has 0 unspecified atom stereocenters. The number of halogens is 2. The van der Waals surface area contributed by atoms with Crippen LogP contribution in [0.4, 0.5) is 19.4 Å². The van der Waals surface area contributed by atoms with E-state index in [1.807, 2.05) is 29.2 Å². The maximum absolute atomic E-state index is 17.7. The Hall–Kier alpha value is -4.58. The van der Waals surface area contributed by atoms with E-state index in [1.54, 1.807) is 19.4 Å². The van der Waals surface area contributed by atoms with Gasteiger partial charge in [0.05, 0.1) is 23.0 Å². The number of aromatic nitrogens is 3. The number of pyridine rings is 1. The average molecular weight is 827 g/mol. The maximum Gasteiger partial charge on any atom is 0.407 e. The Bertz CT molecular complexity index is 2280. The third-order valence-corrected chi connectivity index (χ3v) is 20.0. The average Bonchev–Trinajstić information content (AvgIpc) is 3.82. The minimum Gasteiger partial charge on any atom is -0.468 e. The largest absolute Gasteiger partial charge is 0.468 e. The summed E-state index contributed by atoms with van der Waals surface area (Å²) in [4.78, 5) is 32.4. The van der Waals surface area contributed by atoms with Gasteiger partial charge < -0.3 is 24.2 Å². The van der Waals surface area contributed by atoms with Crippen molar-refractivity contribution in [1.29, 1.82) is 0 Å². The lowest BCUT2D eigenvalue weighted by molar-refractivity contribution is 0.0512. The van der Waals surface area contributed by atoms with Gasteiger partial charge in [0.15, 0.2) is 12.6 Å². The Morgan fingerprint density at radius 1 is 1.03 bits per heavy atom. The molecule has 59 heavy (non-hydrogen) atoms.